The Morgan fingerprint density at radius 1 is 0.765 bits per heavy atom. The van der Waals surface area contributed by atoms with Gasteiger partial charge in [-0.25, -0.2) is 4.83 Å². The smallest absolute Gasteiger partial charge is 0.200 e. The third kappa shape index (κ3) is 7.59. The van der Waals surface area contributed by atoms with Gasteiger partial charge in [0.1, 0.15) is 0 Å². The minimum atomic E-state index is -3.87. The van der Waals surface area contributed by atoms with E-state index in [2.05, 4.69) is 55.5 Å². The molecule has 0 amide bonds. The molecule has 10 heteroatoms. The van der Waals surface area contributed by atoms with E-state index < -0.39 is 20.0 Å². The molecule has 2 aromatic carbocycles. The van der Waals surface area contributed by atoms with Crippen molar-refractivity contribution in [3.63, 3.8) is 0 Å². The van der Waals surface area contributed by atoms with E-state index in [9.17, 15) is 16.8 Å². The number of rotatable bonds is 11. The van der Waals surface area contributed by atoms with Crippen LogP contribution in [0.25, 0.3) is 0 Å². The number of hydrogen-bond donors (Lipinski definition) is 2. The second-order valence-electron chi connectivity index (χ2n) is 17.1. The van der Waals surface area contributed by atoms with Crippen molar-refractivity contribution in [3.8, 4) is 0 Å². The fraction of sp³-hybridized carbons (Fsp3) is 0.610. The molecule has 0 aliphatic heterocycles. The zero-order chi connectivity index (χ0) is 36.8. The fourth-order valence-electron chi connectivity index (χ4n) is 10.3. The van der Waals surface area contributed by atoms with Gasteiger partial charge in [-0.15, -0.1) is 0 Å². The summed E-state index contributed by atoms with van der Waals surface area (Å²) in [4.78, 5) is 5.51. The van der Waals surface area contributed by atoms with Gasteiger partial charge in [0, 0.05) is 18.1 Å². The lowest BCUT2D eigenvalue weighted by atomic mass is 9.46. The highest BCUT2D eigenvalue weighted by Crippen LogP contribution is 2.66. The molecule has 0 saturated heterocycles. The molecule has 6 rings (SSSR count). The number of aryl methyl sites for hydroxylation is 2. The third-order valence-electron chi connectivity index (χ3n) is 13.3. The summed E-state index contributed by atoms with van der Waals surface area (Å²) in [6.07, 6.45) is 12.6. The summed E-state index contributed by atoms with van der Waals surface area (Å²) < 4.78 is 53.2. The van der Waals surface area contributed by atoms with E-state index in [1.54, 1.807) is 48.5 Å². The number of nitrogens with one attached hydrogen (secondary N) is 2. The summed E-state index contributed by atoms with van der Waals surface area (Å²) in [5, 5.41) is 9.25. The molecule has 0 unspecified atom stereocenters. The van der Waals surface area contributed by atoms with Crippen LogP contribution in [-0.2, 0) is 20.0 Å². The molecule has 0 bridgehead atoms. The van der Waals surface area contributed by atoms with Crippen LogP contribution in [-0.4, -0.2) is 28.3 Å². The maximum Gasteiger partial charge on any atom is 0.276 e. The van der Waals surface area contributed by atoms with Gasteiger partial charge in [-0.05, 0) is 123 Å². The van der Waals surface area contributed by atoms with Crippen LogP contribution in [0.3, 0.4) is 0 Å². The highest BCUT2D eigenvalue weighted by atomic mass is 32.2. The highest BCUT2D eigenvalue weighted by Gasteiger charge is 2.60. The summed E-state index contributed by atoms with van der Waals surface area (Å²) in [6, 6.07) is 13.6. The maximum absolute atomic E-state index is 13.5. The Bertz CT molecular complexity index is 1900. The first kappa shape index (κ1) is 37.8. The molecule has 2 aromatic rings. The predicted octanol–water partition coefficient (Wildman–Crippen LogP) is 8.92. The van der Waals surface area contributed by atoms with E-state index in [1.165, 1.54) is 32.1 Å². The molecule has 0 spiro atoms. The van der Waals surface area contributed by atoms with Crippen molar-refractivity contribution in [2.45, 2.75) is 122 Å². The van der Waals surface area contributed by atoms with E-state index in [0.717, 1.165) is 53.3 Å². The van der Waals surface area contributed by atoms with Gasteiger partial charge in [-0.3, -0.25) is 0 Å². The van der Waals surface area contributed by atoms with Gasteiger partial charge in [0.05, 0.1) is 15.5 Å². The second-order valence-corrected chi connectivity index (χ2v) is 20.4. The summed E-state index contributed by atoms with van der Waals surface area (Å²) >= 11 is 0. The van der Waals surface area contributed by atoms with Crippen molar-refractivity contribution >= 4 is 31.5 Å². The lowest BCUT2D eigenvalue weighted by Crippen LogP contribution is -2.54. The largest absolute Gasteiger partial charge is 0.276 e. The van der Waals surface area contributed by atoms with Crippen LogP contribution in [0.15, 0.2) is 80.2 Å². The topological polar surface area (TPSA) is 117 Å². The number of benzene rings is 2. The summed E-state index contributed by atoms with van der Waals surface area (Å²) in [6.45, 7) is 15.8. The average molecular weight is 735 g/mol. The molecular formula is C41H58N4O4S2. The number of sulfonamides is 2. The molecule has 0 aromatic heterocycles. The third-order valence-corrected chi connectivity index (χ3v) is 15.7. The molecule has 0 heterocycles. The van der Waals surface area contributed by atoms with E-state index in [4.69, 9.17) is 5.10 Å². The zero-order valence-electron chi connectivity index (χ0n) is 31.6. The monoisotopic (exact) mass is 734 g/mol. The molecule has 2 N–H and O–H groups in total. The van der Waals surface area contributed by atoms with Gasteiger partial charge in [-0.1, -0.05) is 94.8 Å². The Balaban J connectivity index is 1.32. The maximum atomic E-state index is 13.5. The Hall–Kier alpha value is -2.98. The number of nitrogens with zero attached hydrogens (tertiary/aromatic N) is 2. The van der Waals surface area contributed by atoms with Crippen molar-refractivity contribution < 1.29 is 16.8 Å². The number of fused-ring (bicyclic) bond motifs is 5. The first-order valence-electron chi connectivity index (χ1n) is 19.0. The number of allylic oxidation sites excluding steroid dienone is 2. The first-order valence-corrected chi connectivity index (χ1v) is 22.0. The van der Waals surface area contributed by atoms with Gasteiger partial charge < -0.3 is 0 Å². The first-order chi connectivity index (χ1) is 24.0. The van der Waals surface area contributed by atoms with Gasteiger partial charge in [-0.2, -0.15) is 31.9 Å². The lowest BCUT2D eigenvalue weighted by Gasteiger charge is -2.58. The Kier molecular flexibility index (Phi) is 10.7. The molecule has 8 nitrogen and oxygen atoms in total. The molecule has 4 aliphatic carbocycles. The quantitative estimate of drug-likeness (QED) is 0.224. The molecule has 3 fully saturated rings. The molecule has 278 valence electrons. The van der Waals surface area contributed by atoms with E-state index in [0.29, 0.717) is 36.5 Å². The van der Waals surface area contributed by atoms with Crippen LogP contribution in [0.2, 0.25) is 0 Å². The molecular weight excluding hydrogens is 677 g/mol. The van der Waals surface area contributed by atoms with Crippen molar-refractivity contribution in [2.24, 2.45) is 56.5 Å². The van der Waals surface area contributed by atoms with Gasteiger partial charge in [0.2, 0.25) is 0 Å². The van der Waals surface area contributed by atoms with E-state index in [1.807, 2.05) is 13.8 Å². The van der Waals surface area contributed by atoms with Crippen LogP contribution < -0.4 is 9.66 Å². The molecule has 3 saturated carbocycles. The van der Waals surface area contributed by atoms with Crippen molar-refractivity contribution in [3.05, 3.63) is 71.3 Å². The molecule has 51 heavy (non-hydrogen) atoms. The zero-order valence-corrected chi connectivity index (χ0v) is 33.2. The average Bonchev–Trinajstić information content (AvgIpc) is 3.44. The second kappa shape index (κ2) is 14.4. The van der Waals surface area contributed by atoms with Crippen LogP contribution in [0, 0.1) is 60.2 Å². The van der Waals surface area contributed by atoms with Crippen LogP contribution in [0.5, 0.6) is 0 Å². The minimum absolute atomic E-state index is 0.101. The standard InChI is InChI=1S/C41H58N4O4S2/c1-27(2)9-8-10-30(5)35-19-20-36-39-37(22-24-41(35,36)7)40(6)23-21-32(42-44-50(46,47)33-15-11-28(3)12-16-33)25-31(40)26-38(39)43-45-51(48,49)34-17-13-29(4)14-18-34/h11-18,26-27,30,35-37,39,44-45H,8-10,19-25H2,1-7H3/b42-32-,43-38+/t30-,35-,36+,37+,39+,40+,41-/m1/s1. The van der Waals surface area contributed by atoms with E-state index >= 15 is 0 Å². The summed E-state index contributed by atoms with van der Waals surface area (Å²) in [7, 11) is -7.67. The molecule has 0 radical (unpaired) electrons. The molecule has 7 atom stereocenters. The van der Waals surface area contributed by atoms with Crippen LogP contribution in [0.4, 0.5) is 0 Å². The van der Waals surface area contributed by atoms with Crippen molar-refractivity contribution in [1.29, 1.82) is 0 Å². The SMILES string of the molecule is Cc1ccc(S(=O)(=O)N/N=C2/CC[C@@]3(C)C(=C/C(=N\NS(=O)(=O)c4ccc(C)cc4)[C@H]4[C@@H]5CC[C@H]([C@H](C)CCCC(C)C)[C@@]5(C)CC[C@@H]43)C2)cc1. The normalized spacial score (nSPS) is 31.5. The summed E-state index contributed by atoms with van der Waals surface area (Å²) in [5.74, 6) is 2.90. The minimum Gasteiger partial charge on any atom is -0.200 e. The van der Waals surface area contributed by atoms with Crippen LogP contribution in [0.1, 0.15) is 110 Å². The Morgan fingerprint density at radius 3 is 1.94 bits per heavy atom. The number of hydrazone groups is 2. The van der Waals surface area contributed by atoms with Crippen molar-refractivity contribution in [2.75, 3.05) is 0 Å². The highest BCUT2D eigenvalue weighted by molar-refractivity contribution is 7.89. The summed E-state index contributed by atoms with van der Waals surface area (Å²) in [5.41, 5.74) is 4.81. The number of hydrogen-bond acceptors (Lipinski definition) is 6. The van der Waals surface area contributed by atoms with Gasteiger partial charge in [0.15, 0.2) is 0 Å². The van der Waals surface area contributed by atoms with Gasteiger partial charge in [0.25, 0.3) is 20.0 Å². The lowest BCUT2D eigenvalue weighted by molar-refractivity contribution is -0.0182. The fourth-order valence-corrected chi connectivity index (χ4v) is 11.9. The predicted molar refractivity (Wildman–Crippen MR) is 206 cm³/mol. The Labute approximate surface area is 307 Å². The van der Waals surface area contributed by atoms with Crippen molar-refractivity contribution in [1.82, 2.24) is 9.66 Å². The molecule has 4 aliphatic rings. The van der Waals surface area contributed by atoms with E-state index in [-0.39, 0.29) is 26.5 Å². The Morgan fingerprint density at radius 2 is 1.35 bits per heavy atom. The van der Waals surface area contributed by atoms with Crippen LogP contribution >= 0.6 is 0 Å². The van der Waals surface area contributed by atoms with Gasteiger partial charge >= 0.3 is 0 Å².